The number of hydrogen-bond acceptors (Lipinski definition) is 3. The van der Waals surface area contributed by atoms with Crippen molar-refractivity contribution in [2.24, 2.45) is 0 Å². The number of halogens is 3. The summed E-state index contributed by atoms with van der Waals surface area (Å²) >= 11 is 15.6. The van der Waals surface area contributed by atoms with Crippen LogP contribution in [0.1, 0.15) is 21.7 Å². The number of nitrogens with one attached hydrogen (secondary N) is 1. The molecule has 0 aliphatic carbocycles. The molecule has 0 aliphatic heterocycles. The van der Waals surface area contributed by atoms with Crippen LogP contribution in [0.4, 0.5) is 5.69 Å². The number of amides is 1. The van der Waals surface area contributed by atoms with Crippen molar-refractivity contribution in [3.8, 4) is 17.1 Å². The highest BCUT2D eigenvalue weighted by Gasteiger charge is 2.20. The molecule has 0 bridgehead atoms. The van der Waals surface area contributed by atoms with Gasteiger partial charge in [-0.25, -0.2) is 9.67 Å². The minimum atomic E-state index is -0.467. The lowest BCUT2D eigenvalue weighted by atomic mass is 10.1. The Balaban J connectivity index is 1.77. The van der Waals surface area contributed by atoms with E-state index in [2.05, 4.69) is 31.3 Å². The van der Waals surface area contributed by atoms with Crippen LogP contribution in [0.15, 0.2) is 65.1 Å². The maximum absolute atomic E-state index is 12.9. The summed E-state index contributed by atoms with van der Waals surface area (Å²) in [4.78, 5) is 17.4. The highest BCUT2D eigenvalue weighted by Crippen LogP contribution is 2.27. The van der Waals surface area contributed by atoms with Crippen LogP contribution in [0.3, 0.4) is 0 Å². The molecular weight excluding hydrogens is 499 g/mol. The van der Waals surface area contributed by atoms with E-state index in [1.54, 1.807) is 22.9 Å². The molecule has 1 N–H and O–H groups in total. The Morgan fingerprint density at radius 2 is 1.71 bits per heavy atom. The molecule has 5 nitrogen and oxygen atoms in total. The lowest BCUT2D eigenvalue weighted by Crippen LogP contribution is -2.14. The molecule has 0 fully saturated rings. The Bertz CT molecular complexity index is 1290. The van der Waals surface area contributed by atoms with Gasteiger partial charge in [0.1, 0.15) is 0 Å². The Hall–Kier alpha value is -2.67. The van der Waals surface area contributed by atoms with Crippen LogP contribution in [-0.4, -0.2) is 20.7 Å². The molecule has 0 aliphatic rings. The average Bonchev–Trinajstić information content (AvgIpc) is 3.18. The molecule has 4 aromatic rings. The first-order valence-corrected chi connectivity index (χ1v) is 10.9. The zero-order valence-corrected chi connectivity index (χ0v) is 19.8. The van der Waals surface area contributed by atoms with Gasteiger partial charge in [0, 0.05) is 15.1 Å². The summed E-state index contributed by atoms with van der Waals surface area (Å²) in [6.45, 7) is 4.08. The third-order valence-corrected chi connectivity index (χ3v) is 5.90. The molecule has 4 rings (SSSR count). The van der Waals surface area contributed by atoms with Crippen molar-refractivity contribution in [1.29, 1.82) is 0 Å². The van der Waals surface area contributed by atoms with E-state index < -0.39 is 5.91 Å². The van der Waals surface area contributed by atoms with Crippen molar-refractivity contribution < 1.29 is 4.79 Å². The first-order valence-electron chi connectivity index (χ1n) is 9.39. The highest BCUT2D eigenvalue weighted by atomic mass is 79.9. The monoisotopic (exact) mass is 514 g/mol. The molecule has 1 heterocycles. The van der Waals surface area contributed by atoms with Crippen molar-refractivity contribution in [2.75, 3.05) is 5.32 Å². The van der Waals surface area contributed by atoms with Gasteiger partial charge in [-0.05, 0) is 67.4 Å². The third-order valence-electron chi connectivity index (χ3n) is 4.83. The first-order chi connectivity index (χ1) is 14.8. The van der Waals surface area contributed by atoms with Crippen LogP contribution in [-0.2, 0) is 0 Å². The van der Waals surface area contributed by atoms with Crippen LogP contribution in [0.25, 0.3) is 17.1 Å². The predicted molar refractivity (Wildman–Crippen MR) is 128 cm³/mol. The normalized spacial score (nSPS) is 10.9. The number of hydrogen-bond donors (Lipinski definition) is 1. The van der Waals surface area contributed by atoms with Crippen molar-refractivity contribution >= 4 is 50.7 Å². The lowest BCUT2D eigenvalue weighted by Gasteiger charge is -2.08. The van der Waals surface area contributed by atoms with Gasteiger partial charge < -0.3 is 5.32 Å². The van der Waals surface area contributed by atoms with Gasteiger partial charge >= 0.3 is 0 Å². The summed E-state index contributed by atoms with van der Waals surface area (Å²) in [6.07, 6.45) is 0. The van der Waals surface area contributed by atoms with E-state index >= 15 is 0 Å². The first kappa shape index (κ1) is 21.6. The number of carbonyl (C=O) groups excluding carboxylic acids is 1. The fourth-order valence-corrected chi connectivity index (χ4v) is 3.72. The quantitative estimate of drug-likeness (QED) is 0.322. The maximum Gasteiger partial charge on any atom is 0.295 e. The molecule has 0 saturated carbocycles. The van der Waals surface area contributed by atoms with Crippen LogP contribution in [0.5, 0.6) is 0 Å². The van der Waals surface area contributed by atoms with E-state index in [0.717, 1.165) is 21.3 Å². The SMILES string of the molecule is Cc1ccc(-n2nc(C(=O)Nc3ccc(Cl)cc3Cl)nc2-c2ccc(Br)cc2)cc1C. The number of aryl methyl sites for hydroxylation is 2. The van der Waals surface area contributed by atoms with Crippen molar-refractivity contribution in [2.45, 2.75) is 13.8 Å². The smallest absolute Gasteiger partial charge is 0.295 e. The second-order valence-electron chi connectivity index (χ2n) is 7.02. The van der Waals surface area contributed by atoms with E-state index in [4.69, 9.17) is 23.2 Å². The summed E-state index contributed by atoms with van der Waals surface area (Å²) in [6, 6.07) is 18.5. The Labute approximate surface area is 198 Å². The van der Waals surface area contributed by atoms with E-state index in [1.165, 1.54) is 5.56 Å². The summed E-state index contributed by atoms with van der Waals surface area (Å²) < 4.78 is 2.62. The summed E-state index contributed by atoms with van der Waals surface area (Å²) in [5, 5.41) is 8.08. The van der Waals surface area contributed by atoms with Crippen LogP contribution < -0.4 is 5.32 Å². The van der Waals surface area contributed by atoms with Gasteiger partial charge in [-0.3, -0.25) is 4.79 Å². The highest BCUT2D eigenvalue weighted by molar-refractivity contribution is 9.10. The summed E-state index contributed by atoms with van der Waals surface area (Å²) in [5.41, 5.74) is 4.37. The summed E-state index contributed by atoms with van der Waals surface area (Å²) in [5.74, 6) is 0.121. The van der Waals surface area contributed by atoms with Gasteiger partial charge in [-0.15, -0.1) is 5.10 Å². The number of nitrogens with zero attached hydrogens (tertiary/aromatic N) is 3. The standard InChI is InChI=1S/C23H17BrCl2N4O/c1-13-3-9-18(11-14(13)2)30-22(15-4-6-16(24)7-5-15)28-21(29-30)23(31)27-20-10-8-17(25)12-19(20)26/h3-12H,1-2H3,(H,27,31). The molecule has 156 valence electrons. The fourth-order valence-electron chi connectivity index (χ4n) is 3.00. The Morgan fingerprint density at radius 3 is 2.39 bits per heavy atom. The van der Waals surface area contributed by atoms with Gasteiger partial charge in [-0.1, -0.05) is 57.3 Å². The van der Waals surface area contributed by atoms with Gasteiger partial charge in [0.05, 0.1) is 16.4 Å². The van der Waals surface area contributed by atoms with Gasteiger partial charge in [0.25, 0.3) is 5.91 Å². The minimum Gasteiger partial charge on any atom is -0.318 e. The molecule has 8 heteroatoms. The number of anilines is 1. The zero-order valence-electron chi connectivity index (χ0n) is 16.7. The molecule has 0 atom stereocenters. The summed E-state index contributed by atoms with van der Waals surface area (Å²) in [7, 11) is 0. The van der Waals surface area contributed by atoms with E-state index in [1.807, 2.05) is 56.3 Å². The van der Waals surface area contributed by atoms with Crippen LogP contribution >= 0.6 is 39.1 Å². The molecule has 3 aromatic carbocycles. The second-order valence-corrected chi connectivity index (χ2v) is 8.78. The number of carbonyl (C=O) groups is 1. The van der Waals surface area contributed by atoms with Crippen LogP contribution in [0.2, 0.25) is 10.0 Å². The van der Waals surface area contributed by atoms with Crippen molar-refractivity contribution in [3.63, 3.8) is 0 Å². The molecule has 31 heavy (non-hydrogen) atoms. The lowest BCUT2D eigenvalue weighted by molar-refractivity contribution is 0.101. The van der Waals surface area contributed by atoms with Gasteiger partial charge in [0.2, 0.25) is 5.82 Å². The number of rotatable bonds is 4. The molecule has 1 aromatic heterocycles. The molecule has 0 saturated heterocycles. The predicted octanol–water partition coefficient (Wildman–Crippen LogP) is 6.87. The zero-order chi connectivity index (χ0) is 22.1. The molecule has 0 radical (unpaired) electrons. The topological polar surface area (TPSA) is 59.8 Å². The van der Waals surface area contributed by atoms with E-state index in [0.29, 0.717) is 21.6 Å². The van der Waals surface area contributed by atoms with Crippen molar-refractivity contribution in [3.05, 3.63) is 92.1 Å². The number of aromatic nitrogens is 3. The molecular formula is C23H17BrCl2N4O. The fraction of sp³-hybridized carbons (Fsp3) is 0.0870. The van der Waals surface area contributed by atoms with E-state index in [-0.39, 0.29) is 5.82 Å². The number of benzene rings is 3. The molecule has 0 unspecified atom stereocenters. The minimum absolute atomic E-state index is 0.0298. The second kappa shape index (κ2) is 8.83. The Morgan fingerprint density at radius 1 is 0.968 bits per heavy atom. The maximum atomic E-state index is 12.9. The van der Waals surface area contributed by atoms with Gasteiger partial charge in [-0.2, -0.15) is 0 Å². The van der Waals surface area contributed by atoms with Gasteiger partial charge in [0.15, 0.2) is 5.82 Å². The molecule has 0 spiro atoms. The van der Waals surface area contributed by atoms with Crippen LogP contribution in [0, 0.1) is 13.8 Å². The third kappa shape index (κ3) is 4.66. The molecule has 1 amide bonds. The van der Waals surface area contributed by atoms with E-state index in [9.17, 15) is 4.79 Å². The average molecular weight is 516 g/mol. The van der Waals surface area contributed by atoms with Crippen molar-refractivity contribution in [1.82, 2.24) is 14.8 Å². The largest absolute Gasteiger partial charge is 0.318 e. The Kier molecular flexibility index (Phi) is 6.14.